The smallest absolute Gasteiger partial charge is 0.306 e. The van der Waals surface area contributed by atoms with Crippen LogP contribution < -0.4 is 10.1 Å². The minimum absolute atomic E-state index is 0.00166. The summed E-state index contributed by atoms with van der Waals surface area (Å²) in [5.41, 5.74) is 0. The van der Waals surface area contributed by atoms with Gasteiger partial charge in [0.1, 0.15) is 12.4 Å². The highest BCUT2D eigenvalue weighted by Crippen LogP contribution is 2.31. The number of amides is 2. The van der Waals surface area contributed by atoms with Crippen LogP contribution in [0.5, 0.6) is 5.75 Å². The fourth-order valence-corrected chi connectivity index (χ4v) is 3.64. The van der Waals surface area contributed by atoms with E-state index in [0.717, 1.165) is 5.75 Å². The van der Waals surface area contributed by atoms with E-state index in [0.29, 0.717) is 39.0 Å². The van der Waals surface area contributed by atoms with Gasteiger partial charge in [-0.05, 0) is 31.4 Å². The number of hydrogen-bond donors (Lipinski definition) is 2. The Hall–Kier alpha value is -2.57. The van der Waals surface area contributed by atoms with E-state index in [1.165, 1.54) is 0 Å². The molecule has 0 radical (unpaired) electrons. The quantitative estimate of drug-likeness (QED) is 0.764. The number of carbonyl (C=O) groups excluding carboxylic acids is 2. The van der Waals surface area contributed by atoms with Gasteiger partial charge in [-0.15, -0.1) is 0 Å². The monoisotopic (exact) mass is 360 g/mol. The van der Waals surface area contributed by atoms with Crippen molar-refractivity contribution in [3.63, 3.8) is 0 Å². The number of para-hydroxylation sites is 1. The van der Waals surface area contributed by atoms with Gasteiger partial charge in [0, 0.05) is 18.9 Å². The van der Waals surface area contributed by atoms with Crippen molar-refractivity contribution in [1.82, 2.24) is 10.2 Å². The molecule has 2 N–H and O–H groups in total. The van der Waals surface area contributed by atoms with E-state index in [1.807, 2.05) is 30.3 Å². The zero-order valence-electron chi connectivity index (χ0n) is 14.6. The number of hydrogen-bond acceptors (Lipinski definition) is 4. The Bertz CT molecular complexity index is 663. The number of nitrogens with zero attached hydrogens (tertiary/aromatic N) is 1. The largest absolute Gasteiger partial charge is 0.492 e. The van der Waals surface area contributed by atoms with E-state index in [9.17, 15) is 14.4 Å². The van der Waals surface area contributed by atoms with Gasteiger partial charge in [-0.25, -0.2) is 0 Å². The number of carbonyl (C=O) groups is 3. The number of carboxylic acid groups (broad SMARTS) is 1. The highest BCUT2D eigenvalue weighted by Gasteiger charge is 2.36. The molecule has 1 aliphatic carbocycles. The average Bonchev–Trinajstić information content (AvgIpc) is 3.23. The molecule has 2 amide bonds. The van der Waals surface area contributed by atoms with Crippen molar-refractivity contribution in [3.8, 4) is 5.75 Å². The Balaban J connectivity index is 1.41. The van der Waals surface area contributed by atoms with Gasteiger partial charge >= 0.3 is 5.97 Å². The minimum atomic E-state index is -0.832. The normalized spacial score (nSPS) is 25.3. The first kappa shape index (κ1) is 18.2. The summed E-state index contributed by atoms with van der Waals surface area (Å²) in [5.74, 6) is -0.890. The second-order valence-electron chi connectivity index (χ2n) is 6.96. The number of ether oxygens (including phenoxy) is 1. The Labute approximate surface area is 152 Å². The summed E-state index contributed by atoms with van der Waals surface area (Å²) in [6, 6.07) is 9.20. The van der Waals surface area contributed by atoms with Gasteiger partial charge in [0.05, 0.1) is 18.5 Å². The molecular formula is C19H24N2O5. The van der Waals surface area contributed by atoms with E-state index >= 15 is 0 Å². The molecule has 1 saturated carbocycles. The number of rotatable bonds is 7. The summed E-state index contributed by atoms with van der Waals surface area (Å²) in [7, 11) is 0. The molecule has 0 aromatic heterocycles. The Morgan fingerprint density at radius 1 is 1.19 bits per heavy atom. The standard InChI is InChI=1S/C19H24N2O5/c22-17-11-15(20-18(23)13-6-7-14(10-13)19(24)25)12-21(17)8-9-26-16-4-2-1-3-5-16/h1-5,13-15H,6-12H2,(H,20,23)(H,24,25)/t13-,14+,15?/m0/s1. The molecule has 7 heteroatoms. The zero-order valence-corrected chi connectivity index (χ0v) is 14.6. The average molecular weight is 360 g/mol. The van der Waals surface area contributed by atoms with Crippen LogP contribution in [0.15, 0.2) is 30.3 Å². The highest BCUT2D eigenvalue weighted by atomic mass is 16.5. The fourth-order valence-electron chi connectivity index (χ4n) is 3.64. The van der Waals surface area contributed by atoms with E-state index in [1.54, 1.807) is 4.90 Å². The third-order valence-electron chi connectivity index (χ3n) is 5.09. The molecule has 3 rings (SSSR count). The Kier molecular flexibility index (Phi) is 5.75. The van der Waals surface area contributed by atoms with Gasteiger partial charge < -0.3 is 20.1 Å². The summed E-state index contributed by atoms with van der Waals surface area (Å²) >= 11 is 0. The third-order valence-corrected chi connectivity index (χ3v) is 5.09. The second kappa shape index (κ2) is 8.21. The number of benzene rings is 1. The first-order chi connectivity index (χ1) is 12.5. The first-order valence-electron chi connectivity index (χ1n) is 9.01. The van der Waals surface area contributed by atoms with Crippen LogP contribution in [0.3, 0.4) is 0 Å². The molecule has 1 aliphatic heterocycles. The third kappa shape index (κ3) is 4.53. The van der Waals surface area contributed by atoms with Crippen LogP contribution in [0.4, 0.5) is 0 Å². The van der Waals surface area contributed by atoms with E-state index < -0.39 is 11.9 Å². The molecule has 1 saturated heterocycles. The Morgan fingerprint density at radius 3 is 2.62 bits per heavy atom. The van der Waals surface area contributed by atoms with Crippen molar-refractivity contribution >= 4 is 17.8 Å². The van der Waals surface area contributed by atoms with Crippen molar-refractivity contribution in [2.75, 3.05) is 19.7 Å². The maximum Gasteiger partial charge on any atom is 0.306 e. The molecule has 1 heterocycles. The first-order valence-corrected chi connectivity index (χ1v) is 9.01. The van der Waals surface area contributed by atoms with Crippen LogP contribution in [0.2, 0.25) is 0 Å². The number of likely N-dealkylation sites (tertiary alicyclic amines) is 1. The lowest BCUT2D eigenvalue weighted by atomic mass is 10.0. The van der Waals surface area contributed by atoms with Crippen molar-refractivity contribution < 1.29 is 24.2 Å². The van der Waals surface area contributed by atoms with Crippen LogP contribution in [-0.4, -0.2) is 53.5 Å². The maximum atomic E-state index is 12.3. The van der Waals surface area contributed by atoms with Crippen molar-refractivity contribution in [2.45, 2.75) is 31.7 Å². The molecule has 140 valence electrons. The maximum absolute atomic E-state index is 12.3. The molecular weight excluding hydrogens is 336 g/mol. The summed E-state index contributed by atoms with van der Waals surface area (Å²) in [4.78, 5) is 37.1. The van der Waals surface area contributed by atoms with E-state index in [-0.39, 0.29) is 30.2 Å². The van der Waals surface area contributed by atoms with Gasteiger partial charge in [0.2, 0.25) is 11.8 Å². The summed E-state index contributed by atoms with van der Waals surface area (Å²) in [6.45, 7) is 1.35. The zero-order chi connectivity index (χ0) is 18.5. The lowest BCUT2D eigenvalue weighted by Gasteiger charge is -2.18. The van der Waals surface area contributed by atoms with Crippen LogP contribution in [0, 0.1) is 11.8 Å². The minimum Gasteiger partial charge on any atom is -0.492 e. The highest BCUT2D eigenvalue weighted by molar-refractivity contribution is 5.84. The van der Waals surface area contributed by atoms with Gasteiger partial charge in [-0.1, -0.05) is 18.2 Å². The molecule has 1 unspecified atom stereocenters. The Morgan fingerprint density at radius 2 is 1.92 bits per heavy atom. The summed E-state index contributed by atoms with van der Waals surface area (Å²) < 4.78 is 5.61. The molecule has 7 nitrogen and oxygen atoms in total. The van der Waals surface area contributed by atoms with Gasteiger partial charge in [0.15, 0.2) is 0 Å². The number of aliphatic carboxylic acids is 1. The topological polar surface area (TPSA) is 95.9 Å². The van der Waals surface area contributed by atoms with Crippen molar-refractivity contribution in [2.24, 2.45) is 11.8 Å². The van der Waals surface area contributed by atoms with Crippen LogP contribution in [0.25, 0.3) is 0 Å². The predicted octanol–water partition coefficient (Wildman–Crippen LogP) is 1.28. The number of nitrogens with one attached hydrogen (secondary N) is 1. The summed E-state index contributed by atoms with van der Waals surface area (Å²) in [5, 5.41) is 11.9. The fraction of sp³-hybridized carbons (Fsp3) is 0.526. The molecule has 2 aliphatic rings. The second-order valence-corrected chi connectivity index (χ2v) is 6.96. The van der Waals surface area contributed by atoms with Crippen molar-refractivity contribution in [3.05, 3.63) is 30.3 Å². The molecule has 26 heavy (non-hydrogen) atoms. The van der Waals surface area contributed by atoms with Crippen LogP contribution >= 0.6 is 0 Å². The summed E-state index contributed by atoms with van der Waals surface area (Å²) in [6.07, 6.45) is 1.81. The predicted molar refractivity (Wildman–Crippen MR) is 93.5 cm³/mol. The molecule has 0 spiro atoms. The molecule has 3 atom stereocenters. The van der Waals surface area contributed by atoms with Gasteiger partial charge in [-0.2, -0.15) is 0 Å². The lowest BCUT2D eigenvalue weighted by molar-refractivity contribution is -0.141. The number of carboxylic acids is 1. The van der Waals surface area contributed by atoms with Crippen LogP contribution in [-0.2, 0) is 14.4 Å². The molecule has 1 aromatic carbocycles. The molecule has 1 aromatic rings. The SMILES string of the molecule is O=C(O)[C@@H]1CC[C@H](C(=O)NC2CC(=O)N(CCOc3ccccc3)C2)C1. The molecule has 2 fully saturated rings. The van der Waals surface area contributed by atoms with Crippen molar-refractivity contribution in [1.29, 1.82) is 0 Å². The van der Waals surface area contributed by atoms with E-state index in [2.05, 4.69) is 5.32 Å². The van der Waals surface area contributed by atoms with Gasteiger partial charge in [-0.3, -0.25) is 14.4 Å². The van der Waals surface area contributed by atoms with E-state index in [4.69, 9.17) is 9.84 Å². The molecule has 0 bridgehead atoms. The lowest BCUT2D eigenvalue weighted by Crippen LogP contribution is -2.40. The van der Waals surface area contributed by atoms with Gasteiger partial charge in [0.25, 0.3) is 0 Å². The van der Waals surface area contributed by atoms with Crippen LogP contribution in [0.1, 0.15) is 25.7 Å².